The molecule has 1 aliphatic carbocycles. The number of benzene rings is 2. The van der Waals surface area contributed by atoms with Crippen molar-refractivity contribution in [2.24, 2.45) is 0 Å². The zero-order chi connectivity index (χ0) is 15.2. The van der Waals surface area contributed by atoms with Crippen molar-refractivity contribution in [1.29, 1.82) is 0 Å². The molecule has 4 rings (SSSR count). The second kappa shape index (κ2) is 5.24. The van der Waals surface area contributed by atoms with Crippen molar-refractivity contribution in [3.63, 3.8) is 0 Å². The zero-order valence-corrected chi connectivity index (χ0v) is 13.6. The van der Waals surface area contributed by atoms with Gasteiger partial charge in [0.2, 0.25) is 0 Å². The molecule has 0 spiro atoms. The molecule has 1 saturated heterocycles. The minimum absolute atomic E-state index is 0.331. The van der Waals surface area contributed by atoms with Gasteiger partial charge in [0, 0.05) is 17.5 Å². The van der Waals surface area contributed by atoms with Crippen LogP contribution in [-0.4, -0.2) is 17.5 Å². The third-order valence-electron chi connectivity index (χ3n) is 6.12. The number of hydrogen-bond donors (Lipinski definition) is 0. The fraction of sp³-hybridized carbons (Fsp3) is 0.429. The molecule has 1 fully saturated rings. The lowest BCUT2D eigenvalue weighted by Gasteiger charge is -2.43. The van der Waals surface area contributed by atoms with Gasteiger partial charge in [-0.2, -0.15) is 0 Å². The third kappa shape index (κ3) is 2.03. The first-order chi connectivity index (χ1) is 10.7. The van der Waals surface area contributed by atoms with Crippen LogP contribution in [0.1, 0.15) is 49.4 Å². The Balaban J connectivity index is 1.68. The number of fused-ring (bicyclic) bond motifs is 3. The molecule has 2 aromatic rings. The fourth-order valence-corrected chi connectivity index (χ4v) is 4.82. The Bertz CT molecular complexity index is 663. The molecular weight excluding hydrogens is 266 g/mol. The predicted molar refractivity (Wildman–Crippen MR) is 92.1 cm³/mol. The molecule has 0 aromatic heterocycles. The molecule has 0 bridgehead atoms. The van der Waals surface area contributed by atoms with E-state index in [0.717, 1.165) is 0 Å². The lowest BCUT2D eigenvalue weighted by Crippen LogP contribution is -2.45. The van der Waals surface area contributed by atoms with Crippen molar-refractivity contribution in [3.8, 4) is 0 Å². The van der Waals surface area contributed by atoms with Gasteiger partial charge in [-0.05, 0) is 49.4 Å². The standard InChI is InChI=1S/C21H25N/c1-16(17-8-4-3-5-9-17)22-15-14-21(2)19-11-7-6-10-18(19)12-13-20(21)22/h3-11,16,20H,12-15H2,1-2H3/t16-,20-,21+/m0/s1. The summed E-state index contributed by atoms with van der Waals surface area (Å²) in [5.74, 6) is 0. The average molecular weight is 291 g/mol. The summed E-state index contributed by atoms with van der Waals surface area (Å²) in [6.45, 7) is 6.08. The second-order valence-electron chi connectivity index (χ2n) is 7.20. The van der Waals surface area contributed by atoms with Gasteiger partial charge in [0.25, 0.3) is 0 Å². The van der Waals surface area contributed by atoms with E-state index in [0.29, 0.717) is 17.5 Å². The maximum absolute atomic E-state index is 2.76. The minimum Gasteiger partial charge on any atom is -0.293 e. The Morgan fingerprint density at radius 3 is 2.59 bits per heavy atom. The highest BCUT2D eigenvalue weighted by atomic mass is 15.2. The maximum atomic E-state index is 2.76. The Morgan fingerprint density at radius 1 is 1.05 bits per heavy atom. The summed E-state index contributed by atoms with van der Waals surface area (Å²) < 4.78 is 0. The summed E-state index contributed by atoms with van der Waals surface area (Å²) in [7, 11) is 0. The molecular formula is C21H25N. The first-order valence-corrected chi connectivity index (χ1v) is 8.59. The SMILES string of the molecule is C[C@@H](c1ccccc1)N1CC[C@]2(C)c3ccccc3CC[C@H]12. The Morgan fingerprint density at radius 2 is 1.77 bits per heavy atom. The van der Waals surface area contributed by atoms with Crippen LogP contribution in [-0.2, 0) is 11.8 Å². The van der Waals surface area contributed by atoms with E-state index in [1.54, 1.807) is 11.1 Å². The highest BCUT2D eigenvalue weighted by Crippen LogP contribution is 2.48. The molecule has 0 N–H and O–H groups in total. The van der Waals surface area contributed by atoms with Crippen molar-refractivity contribution < 1.29 is 0 Å². The van der Waals surface area contributed by atoms with E-state index in [1.807, 2.05) is 0 Å². The maximum Gasteiger partial charge on any atom is 0.0323 e. The van der Waals surface area contributed by atoms with Crippen LogP contribution in [0.3, 0.4) is 0 Å². The zero-order valence-electron chi connectivity index (χ0n) is 13.6. The molecule has 1 nitrogen and oxygen atoms in total. The second-order valence-corrected chi connectivity index (χ2v) is 7.20. The first-order valence-electron chi connectivity index (χ1n) is 8.59. The van der Waals surface area contributed by atoms with Gasteiger partial charge in [0.05, 0.1) is 0 Å². The van der Waals surface area contributed by atoms with Gasteiger partial charge in [-0.1, -0.05) is 61.5 Å². The Labute approximate surface area is 134 Å². The molecule has 0 saturated carbocycles. The van der Waals surface area contributed by atoms with Gasteiger partial charge in [-0.15, -0.1) is 0 Å². The smallest absolute Gasteiger partial charge is 0.0323 e. The van der Waals surface area contributed by atoms with E-state index in [-0.39, 0.29) is 0 Å². The van der Waals surface area contributed by atoms with Crippen LogP contribution in [0.5, 0.6) is 0 Å². The highest BCUT2D eigenvalue weighted by Gasteiger charge is 2.48. The first kappa shape index (κ1) is 14.0. The monoisotopic (exact) mass is 291 g/mol. The van der Waals surface area contributed by atoms with Crippen molar-refractivity contribution >= 4 is 0 Å². The van der Waals surface area contributed by atoms with Crippen LogP contribution in [0, 0.1) is 0 Å². The number of aryl methyl sites for hydroxylation is 1. The topological polar surface area (TPSA) is 3.24 Å². The molecule has 1 aliphatic heterocycles. The molecule has 3 atom stereocenters. The van der Waals surface area contributed by atoms with Crippen LogP contribution in [0.2, 0.25) is 0 Å². The van der Waals surface area contributed by atoms with Crippen LogP contribution in [0.4, 0.5) is 0 Å². The summed E-state index contributed by atoms with van der Waals surface area (Å²) in [6.07, 6.45) is 3.81. The number of nitrogens with zero attached hydrogens (tertiary/aromatic N) is 1. The number of rotatable bonds is 2. The van der Waals surface area contributed by atoms with Gasteiger partial charge >= 0.3 is 0 Å². The van der Waals surface area contributed by atoms with Crippen molar-refractivity contribution in [2.75, 3.05) is 6.54 Å². The van der Waals surface area contributed by atoms with E-state index in [9.17, 15) is 0 Å². The lowest BCUT2D eigenvalue weighted by atomic mass is 9.68. The molecule has 1 heterocycles. The van der Waals surface area contributed by atoms with Crippen LogP contribution >= 0.6 is 0 Å². The molecule has 0 radical (unpaired) electrons. The van der Waals surface area contributed by atoms with Gasteiger partial charge in [-0.25, -0.2) is 0 Å². The summed E-state index contributed by atoms with van der Waals surface area (Å²) in [5.41, 5.74) is 4.97. The van der Waals surface area contributed by atoms with Crippen molar-refractivity contribution in [1.82, 2.24) is 4.90 Å². The Hall–Kier alpha value is -1.60. The summed E-state index contributed by atoms with van der Waals surface area (Å²) >= 11 is 0. The van der Waals surface area contributed by atoms with Gasteiger partial charge in [-0.3, -0.25) is 4.90 Å². The summed E-state index contributed by atoms with van der Waals surface area (Å²) in [4.78, 5) is 2.76. The predicted octanol–water partition coefficient (Wildman–Crippen LogP) is 4.73. The van der Waals surface area contributed by atoms with E-state index in [1.165, 1.54) is 31.4 Å². The molecule has 0 unspecified atom stereocenters. The van der Waals surface area contributed by atoms with E-state index in [2.05, 4.69) is 73.3 Å². The largest absolute Gasteiger partial charge is 0.293 e. The van der Waals surface area contributed by atoms with E-state index < -0.39 is 0 Å². The van der Waals surface area contributed by atoms with E-state index in [4.69, 9.17) is 0 Å². The third-order valence-corrected chi connectivity index (χ3v) is 6.12. The minimum atomic E-state index is 0.331. The van der Waals surface area contributed by atoms with Crippen molar-refractivity contribution in [3.05, 3.63) is 71.3 Å². The van der Waals surface area contributed by atoms with Crippen molar-refractivity contribution in [2.45, 2.75) is 50.6 Å². The molecule has 2 aromatic carbocycles. The average Bonchev–Trinajstić information content (AvgIpc) is 2.93. The number of hydrogen-bond acceptors (Lipinski definition) is 1. The fourth-order valence-electron chi connectivity index (χ4n) is 4.82. The summed E-state index contributed by atoms with van der Waals surface area (Å²) in [6, 6.07) is 21.3. The number of likely N-dealkylation sites (tertiary alicyclic amines) is 1. The quantitative estimate of drug-likeness (QED) is 0.773. The van der Waals surface area contributed by atoms with Crippen LogP contribution in [0.25, 0.3) is 0 Å². The molecule has 114 valence electrons. The Kier molecular flexibility index (Phi) is 3.34. The van der Waals surface area contributed by atoms with Crippen LogP contribution < -0.4 is 0 Å². The molecule has 2 aliphatic rings. The lowest BCUT2D eigenvalue weighted by molar-refractivity contribution is 0.147. The van der Waals surface area contributed by atoms with Gasteiger partial charge < -0.3 is 0 Å². The molecule has 1 heteroatoms. The van der Waals surface area contributed by atoms with Gasteiger partial charge in [0.1, 0.15) is 0 Å². The molecule has 0 amide bonds. The normalized spacial score (nSPS) is 28.9. The molecule has 22 heavy (non-hydrogen) atoms. The summed E-state index contributed by atoms with van der Waals surface area (Å²) in [5, 5.41) is 0. The van der Waals surface area contributed by atoms with Crippen LogP contribution in [0.15, 0.2) is 54.6 Å². The van der Waals surface area contributed by atoms with Gasteiger partial charge in [0.15, 0.2) is 0 Å². The highest BCUT2D eigenvalue weighted by molar-refractivity contribution is 5.40. The van der Waals surface area contributed by atoms with E-state index >= 15 is 0 Å².